The van der Waals surface area contributed by atoms with E-state index in [-0.39, 0.29) is 17.2 Å². The Morgan fingerprint density at radius 3 is 2.33 bits per heavy atom. The average molecular weight is 309 g/mol. The summed E-state index contributed by atoms with van der Waals surface area (Å²) in [6, 6.07) is 10.6. The van der Waals surface area contributed by atoms with Gasteiger partial charge in [0.25, 0.3) is 0 Å². The van der Waals surface area contributed by atoms with Crippen LogP contribution in [-0.2, 0) is 15.3 Å². The second kappa shape index (κ2) is 6.93. The lowest BCUT2D eigenvalue weighted by Crippen LogP contribution is -2.47. The van der Waals surface area contributed by atoms with Crippen LogP contribution in [-0.4, -0.2) is 26.5 Å². The highest BCUT2D eigenvalue weighted by molar-refractivity contribution is 7.90. The lowest BCUT2D eigenvalue weighted by Gasteiger charge is -2.43. The molecule has 0 aliphatic heterocycles. The zero-order valence-corrected chi connectivity index (χ0v) is 13.7. The van der Waals surface area contributed by atoms with Crippen molar-refractivity contribution in [3.63, 3.8) is 0 Å². The minimum absolute atomic E-state index is 0.0387. The van der Waals surface area contributed by atoms with E-state index < -0.39 is 9.84 Å². The Labute approximate surface area is 128 Å². The van der Waals surface area contributed by atoms with Gasteiger partial charge in [0, 0.05) is 23.5 Å². The van der Waals surface area contributed by atoms with Gasteiger partial charge >= 0.3 is 0 Å². The van der Waals surface area contributed by atoms with Gasteiger partial charge in [0.2, 0.25) is 0 Å². The molecule has 118 valence electrons. The molecule has 0 bridgehead atoms. The van der Waals surface area contributed by atoms with E-state index in [1.807, 2.05) is 6.07 Å². The van der Waals surface area contributed by atoms with Crippen LogP contribution in [0.3, 0.4) is 0 Å². The predicted octanol–water partition coefficient (Wildman–Crippen LogP) is 3.04. The molecule has 21 heavy (non-hydrogen) atoms. The maximum Gasteiger partial charge on any atom is 0.147 e. The number of hydrogen-bond donors (Lipinski definition) is 1. The molecule has 1 unspecified atom stereocenters. The van der Waals surface area contributed by atoms with Crippen LogP contribution in [0.5, 0.6) is 0 Å². The molecule has 1 saturated carbocycles. The number of benzene rings is 1. The van der Waals surface area contributed by atoms with Crippen molar-refractivity contribution in [1.29, 1.82) is 0 Å². The van der Waals surface area contributed by atoms with E-state index in [0.29, 0.717) is 6.42 Å². The monoisotopic (exact) mass is 309 g/mol. The zero-order valence-electron chi connectivity index (χ0n) is 12.9. The summed E-state index contributed by atoms with van der Waals surface area (Å²) in [4.78, 5) is 0. The van der Waals surface area contributed by atoms with Gasteiger partial charge in [0.05, 0.1) is 0 Å². The molecule has 0 radical (unpaired) electrons. The Hall–Kier alpha value is -0.870. The van der Waals surface area contributed by atoms with E-state index in [2.05, 4.69) is 24.3 Å². The Balaban J connectivity index is 2.12. The number of nitrogens with two attached hydrogens (primary N) is 1. The number of hydrogen-bond acceptors (Lipinski definition) is 3. The molecule has 0 aromatic heterocycles. The van der Waals surface area contributed by atoms with Gasteiger partial charge in [0.1, 0.15) is 9.84 Å². The van der Waals surface area contributed by atoms with Crippen molar-refractivity contribution in [3.05, 3.63) is 35.9 Å². The van der Waals surface area contributed by atoms with Gasteiger partial charge in [-0.3, -0.25) is 0 Å². The van der Waals surface area contributed by atoms with E-state index in [9.17, 15) is 8.42 Å². The van der Waals surface area contributed by atoms with Gasteiger partial charge in [-0.05, 0) is 31.2 Å². The minimum Gasteiger partial charge on any atom is -0.327 e. The first kappa shape index (κ1) is 16.5. The lowest BCUT2D eigenvalue weighted by atomic mass is 9.64. The summed E-state index contributed by atoms with van der Waals surface area (Å²) in [5.41, 5.74) is 7.92. The quantitative estimate of drug-likeness (QED) is 0.878. The molecule has 1 aliphatic carbocycles. The van der Waals surface area contributed by atoms with Gasteiger partial charge in [-0.2, -0.15) is 0 Å². The molecule has 0 spiro atoms. The van der Waals surface area contributed by atoms with Crippen molar-refractivity contribution < 1.29 is 8.42 Å². The Kier molecular flexibility index (Phi) is 5.44. The summed E-state index contributed by atoms with van der Waals surface area (Å²) in [5.74, 6) is 0.242. The molecular weight excluding hydrogens is 282 g/mol. The Bertz CT molecular complexity index is 533. The van der Waals surface area contributed by atoms with E-state index in [1.165, 1.54) is 31.1 Å². The van der Waals surface area contributed by atoms with Crippen LogP contribution in [0.4, 0.5) is 0 Å². The lowest BCUT2D eigenvalue weighted by molar-refractivity contribution is 0.233. The van der Waals surface area contributed by atoms with Crippen molar-refractivity contribution in [2.45, 2.75) is 56.4 Å². The molecule has 2 rings (SSSR count). The molecule has 1 atom stereocenters. The van der Waals surface area contributed by atoms with Gasteiger partial charge in [0.15, 0.2) is 0 Å². The first-order chi connectivity index (χ1) is 9.94. The fraction of sp³-hybridized carbons (Fsp3) is 0.647. The van der Waals surface area contributed by atoms with E-state index in [1.54, 1.807) is 0 Å². The van der Waals surface area contributed by atoms with E-state index in [4.69, 9.17) is 5.73 Å². The molecule has 1 aromatic rings. The Morgan fingerprint density at radius 1 is 1.14 bits per heavy atom. The van der Waals surface area contributed by atoms with Crippen LogP contribution < -0.4 is 5.73 Å². The fourth-order valence-electron chi connectivity index (χ4n) is 3.67. The van der Waals surface area contributed by atoms with Crippen molar-refractivity contribution in [1.82, 2.24) is 0 Å². The number of sulfone groups is 1. The minimum atomic E-state index is -2.89. The summed E-state index contributed by atoms with van der Waals surface area (Å²) in [6.07, 6.45) is 8.70. The van der Waals surface area contributed by atoms with Crippen molar-refractivity contribution in [2.24, 2.45) is 5.73 Å². The van der Waals surface area contributed by atoms with Crippen molar-refractivity contribution in [3.8, 4) is 0 Å². The summed E-state index contributed by atoms with van der Waals surface area (Å²) >= 11 is 0. The summed E-state index contributed by atoms with van der Waals surface area (Å²) in [7, 11) is -2.89. The maximum absolute atomic E-state index is 11.3. The largest absolute Gasteiger partial charge is 0.327 e. The molecule has 0 heterocycles. The molecule has 4 heteroatoms. The molecule has 0 saturated heterocycles. The molecule has 1 aromatic carbocycles. The highest BCUT2D eigenvalue weighted by atomic mass is 32.2. The summed E-state index contributed by atoms with van der Waals surface area (Å²) in [6.45, 7) is 0. The van der Waals surface area contributed by atoms with Gasteiger partial charge < -0.3 is 5.73 Å². The zero-order chi connectivity index (χ0) is 15.3. The van der Waals surface area contributed by atoms with Gasteiger partial charge in [-0.25, -0.2) is 8.42 Å². The first-order valence-corrected chi connectivity index (χ1v) is 9.99. The van der Waals surface area contributed by atoms with Crippen LogP contribution in [0.15, 0.2) is 30.3 Å². The van der Waals surface area contributed by atoms with Crippen LogP contribution in [0.25, 0.3) is 0 Å². The van der Waals surface area contributed by atoms with Crippen molar-refractivity contribution >= 4 is 9.84 Å². The second-order valence-corrected chi connectivity index (χ2v) is 8.72. The standard InChI is InChI=1S/C17H27NO2S/c1-21(19,20)14-8-11-16(18)17(12-6-3-7-13-17)15-9-4-2-5-10-15/h2,4-5,9-10,16H,3,6-8,11-14,18H2,1H3. The molecule has 0 amide bonds. The van der Waals surface area contributed by atoms with Gasteiger partial charge in [-0.15, -0.1) is 0 Å². The third kappa shape index (κ3) is 4.30. The smallest absolute Gasteiger partial charge is 0.147 e. The molecule has 1 fully saturated rings. The van der Waals surface area contributed by atoms with E-state index in [0.717, 1.165) is 19.3 Å². The van der Waals surface area contributed by atoms with Gasteiger partial charge in [-0.1, -0.05) is 49.6 Å². The topological polar surface area (TPSA) is 60.2 Å². The highest BCUT2D eigenvalue weighted by Gasteiger charge is 2.38. The van der Waals surface area contributed by atoms with Crippen LogP contribution in [0.2, 0.25) is 0 Å². The number of rotatable bonds is 6. The molecule has 2 N–H and O–H groups in total. The highest BCUT2D eigenvalue weighted by Crippen LogP contribution is 2.42. The third-order valence-corrected chi connectivity index (χ3v) is 5.86. The van der Waals surface area contributed by atoms with Crippen LogP contribution >= 0.6 is 0 Å². The fourth-order valence-corrected chi connectivity index (χ4v) is 4.36. The maximum atomic E-state index is 11.3. The normalized spacial score (nSPS) is 20.1. The van der Waals surface area contributed by atoms with Crippen molar-refractivity contribution in [2.75, 3.05) is 12.0 Å². The summed E-state index contributed by atoms with van der Waals surface area (Å²) in [5, 5.41) is 0. The molecule has 1 aliphatic rings. The molecular formula is C17H27NO2S. The third-order valence-electron chi connectivity index (χ3n) is 4.83. The second-order valence-electron chi connectivity index (χ2n) is 6.46. The SMILES string of the molecule is CS(=O)(=O)CCCC(N)C1(c2ccccc2)CCCCC1. The van der Waals surface area contributed by atoms with E-state index >= 15 is 0 Å². The van der Waals surface area contributed by atoms with Crippen LogP contribution in [0, 0.1) is 0 Å². The first-order valence-electron chi connectivity index (χ1n) is 7.93. The summed E-state index contributed by atoms with van der Waals surface area (Å²) < 4.78 is 22.6. The average Bonchev–Trinajstić information content (AvgIpc) is 2.47. The predicted molar refractivity (Wildman–Crippen MR) is 88.1 cm³/mol. The van der Waals surface area contributed by atoms with Crippen LogP contribution in [0.1, 0.15) is 50.5 Å². The molecule has 3 nitrogen and oxygen atoms in total. The Morgan fingerprint density at radius 2 is 1.76 bits per heavy atom.